The molecule has 60 valence electrons. The van der Waals surface area contributed by atoms with Crippen LogP contribution in [0, 0.1) is 6.92 Å². The molecule has 1 aromatic rings. The molecule has 0 heterocycles. The molecule has 0 aliphatic rings. The van der Waals surface area contributed by atoms with Gasteiger partial charge in [0.25, 0.3) is 0 Å². The van der Waals surface area contributed by atoms with Gasteiger partial charge in [0, 0.05) is 10.0 Å². The number of benzene rings is 1. The van der Waals surface area contributed by atoms with Crippen molar-refractivity contribution in [1.82, 2.24) is 0 Å². The summed E-state index contributed by atoms with van der Waals surface area (Å²) in [5.41, 5.74) is 4.05. The second kappa shape index (κ2) is 3.30. The van der Waals surface area contributed by atoms with Crippen LogP contribution in [-0.2, 0) is 0 Å². The predicted molar refractivity (Wildman–Crippen MR) is 49.0 cm³/mol. The number of hydrogen-bond donors (Lipinski definition) is 2. The lowest BCUT2D eigenvalue weighted by molar-refractivity contribution is 1.34. The summed E-state index contributed by atoms with van der Waals surface area (Å²) in [6.07, 6.45) is 0. The van der Waals surface area contributed by atoms with Crippen LogP contribution >= 0.6 is 23.2 Å². The largest absolute Gasteiger partial charge is 0.324 e. The Kier molecular flexibility index (Phi) is 2.60. The summed E-state index contributed by atoms with van der Waals surface area (Å²) in [6.45, 7) is 1.85. The molecule has 0 saturated heterocycles. The van der Waals surface area contributed by atoms with E-state index in [4.69, 9.17) is 29.0 Å². The van der Waals surface area contributed by atoms with Crippen molar-refractivity contribution in [3.63, 3.8) is 0 Å². The lowest BCUT2D eigenvalue weighted by Gasteiger charge is -2.04. The van der Waals surface area contributed by atoms with Crippen molar-refractivity contribution < 1.29 is 0 Å². The van der Waals surface area contributed by atoms with Gasteiger partial charge in [-0.05, 0) is 24.6 Å². The van der Waals surface area contributed by atoms with Gasteiger partial charge in [0.15, 0.2) is 0 Å². The summed E-state index contributed by atoms with van der Waals surface area (Å²) in [5.74, 6) is 5.17. The third kappa shape index (κ3) is 1.77. The van der Waals surface area contributed by atoms with Crippen molar-refractivity contribution in [3.05, 3.63) is 27.7 Å². The molecule has 0 unspecified atom stereocenters. The first-order valence-electron chi connectivity index (χ1n) is 3.07. The van der Waals surface area contributed by atoms with Crippen molar-refractivity contribution in [2.45, 2.75) is 6.92 Å². The number of nitrogen functional groups attached to an aromatic ring is 1. The van der Waals surface area contributed by atoms with Crippen molar-refractivity contribution in [1.29, 1.82) is 0 Å². The average Bonchev–Trinajstić information content (AvgIpc) is 1.99. The Morgan fingerprint density at radius 2 is 1.73 bits per heavy atom. The van der Waals surface area contributed by atoms with Crippen molar-refractivity contribution >= 4 is 28.9 Å². The zero-order valence-corrected chi connectivity index (χ0v) is 7.50. The molecule has 0 radical (unpaired) electrons. The zero-order valence-electron chi connectivity index (χ0n) is 5.99. The van der Waals surface area contributed by atoms with Gasteiger partial charge in [-0.15, -0.1) is 0 Å². The predicted octanol–water partition coefficient (Wildman–Crippen LogP) is 2.59. The van der Waals surface area contributed by atoms with Gasteiger partial charge in [-0.2, -0.15) is 0 Å². The van der Waals surface area contributed by atoms with Gasteiger partial charge in [0.1, 0.15) is 0 Å². The van der Waals surface area contributed by atoms with Gasteiger partial charge < -0.3 is 5.43 Å². The van der Waals surface area contributed by atoms with Crippen LogP contribution in [0.15, 0.2) is 12.1 Å². The SMILES string of the molecule is Cc1c(Cl)cc(NN)cc1Cl. The minimum absolute atomic E-state index is 0.616. The molecular formula is C7H8Cl2N2. The smallest absolute Gasteiger partial charge is 0.0514 e. The molecule has 0 aliphatic carbocycles. The van der Waals surface area contributed by atoms with E-state index in [1.165, 1.54) is 0 Å². The van der Waals surface area contributed by atoms with Crippen LogP contribution in [0.2, 0.25) is 10.0 Å². The Morgan fingerprint density at radius 3 is 2.09 bits per heavy atom. The fourth-order valence-electron chi connectivity index (χ4n) is 0.729. The zero-order chi connectivity index (χ0) is 8.43. The summed E-state index contributed by atoms with van der Waals surface area (Å²) in [6, 6.07) is 3.45. The molecule has 4 heteroatoms. The quantitative estimate of drug-likeness (QED) is 0.528. The molecule has 2 nitrogen and oxygen atoms in total. The van der Waals surface area contributed by atoms with Gasteiger partial charge >= 0.3 is 0 Å². The van der Waals surface area contributed by atoms with Crippen LogP contribution in [0.3, 0.4) is 0 Å². The summed E-state index contributed by atoms with van der Waals surface area (Å²) < 4.78 is 0. The van der Waals surface area contributed by atoms with E-state index in [1.54, 1.807) is 12.1 Å². The Morgan fingerprint density at radius 1 is 1.27 bits per heavy atom. The van der Waals surface area contributed by atoms with Gasteiger partial charge in [-0.1, -0.05) is 23.2 Å². The van der Waals surface area contributed by atoms with E-state index in [1.807, 2.05) is 6.92 Å². The summed E-state index contributed by atoms with van der Waals surface area (Å²) in [5, 5.41) is 1.23. The Bertz CT molecular complexity index is 250. The van der Waals surface area contributed by atoms with Gasteiger partial charge in [0.2, 0.25) is 0 Å². The molecule has 0 spiro atoms. The minimum atomic E-state index is 0.616. The molecule has 0 aromatic heterocycles. The lowest BCUT2D eigenvalue weighted by atomic mass is 10.2. The highest BCUT2D eigenvalue weighted by Crippen LogP contribution is 2.27. The number of nitrogens with one attached hydrogen (secondary N) is 1. The number of halogens is 2. The summed E-state index contributed by atoms with van der Waals surface area (Å²) in [4.78, 5) is 0. The molecule has 0 atom stereocenters. The molecule has 0 bridgehead atoms. The Balaban J connectivity index is 3.21. The van der Waals surface area contributed by atoms with Crippen LogP contribution in [-0.4, -0.2) is 0 Å². The van der Waals surface area contributed by atoms with E-state index in [9.17, 15) is 0 Å². The van der Waals surface area contributed by atoms with Crippen LogP contribution < -0.4 is 11.3 Å². The topological polar surface area (TPSA) is 38.0 Å². The van der Waals surface area contributed by atoms with Crippen LogP contribution in [0.4, 0.5) is 5.69 Å². The Labute approximate surface area is 75.3 Å². The van der Waals surface area contributed by atoms with E-state index >= 15 is 0 Å². The Hall–Kier alpha value is -0.440. The molecule has 0 fully saturated rings. The molecule has 3 N–H and O–H groups in total. The van der Waals surface area contributed by atoms with Crippen molar-refractivity contribution in [2.75, 3.05) is 5.43 Å². The number of nitrogens with two attached hydrogens (primary N) is 1. The molecule has 0 saturated carbocycles. The van der Waals surface area contributed by atoms with Crippen molar-refractivity contribution in [3.8, 4) is 0 Å². The fourth-order valence-corrected chi connectivity index (χ4v) is 1.22. The number of anilines is 1. The molecular weight excluding hydrogens is 183 g/mol. The maximum absolute atomic E-state index is 5.82. The lowest BCUT2D eigenvalue weighted by Crippen LogP contribution is -2.06. The highest BCUT2D eigenvalue weighted by atomic mass is 35.5. The normalized spacial score (nSPS) is 9.82. The third-order valence-electron chi connectivity index (χ3n) is 1.45. The monoisotopic (exact) mass is 190 g/mol. The highest BCUT2D eigenvalue weighted by Gasteiger charge is 2.01. The first-order valence-corrected chi connectivity index (χ1v) is 3.83. The standard InChI is InChI=1S/C7H8Cl2N2/c1-4-6(8)2-5(11-10)3-7(4)9/h2-3,11H,10H2,1H3. The van der Waals surface area contributed by atoms with Gasteiger partial charge in [-0.3, -0.25) is 5.84 Å². The van der Waals surface area contributed by atoms with E-state index in [0.717, 1.165) is 5.56 Å². The molecule has 11 heavy (non-hydrogen) atoms. The first kappa shape index (κ1) is 8.65. The summed E-state index contributed by atoms with van der Waals surface area (Å²) >= 11 is 11.6. The fraction of sp³-hybridized carbons (Fsp3) is 0.143. The van der Waals surface area contributed by atoms with Crippen molar-refractivity contribution in [2.24, 2.45) is 5.84 Å². The van der Waals surface area contributed by atoms with E-state index in [0.29, 0.717) is 15.7 Å². The average molecular weight is 191 g/mol. The minimum Gasteiger partial charge on any atom is -0.324 e. The molecule has 1 aromatic carbocycles. The maximum atomic E-state index is 5.82. The first-order chi connectivity index (χ1) is 5.15. The van der Waals surface area contributed by atoms with E-state index in [-0.39, 0.29) is 0 Å². The van der Waals surface area contributed by atoms with E-state index in [2.05, 4.69) is 5.43 Å². The van der Waals surface area contributed by atoms with Crippen LogP contribution in [0.5, 0.6) is 0 Å². The third-order valence-corrected chi connectivity index (χ3v) is 2.23. The number of hydrogen-bond acceptors (Lipinski definition) is 2. The maximum Gasteiger partial charge on any atom is 0.0514 e. The van der Waals surface area contributed by atoms with E-state index < -0.39 is 0 Å². The highest BCUT2D eigenvalue weighted by molar-refractivity contribution is 6.36. The second-order valence-electron chi connectivity index (χ2n) is 2.21. The van der Waals surface area contributed by atoms with Crippen LogP contribution in [0.25, 0.3) is 0 Å². The molecule has 0 aliphatic heterocycles. The number of rotatable bonds is 1. The second-order valence-corrected chi connectivity index (χ2v) is 3.02. The molecule has 1 rings (SSSR count). The number of hydrazine groups is 1. The van der Waals surface area contributed by atoms with Crippen LogP contribution in [0.1, 0.15) is 5.56 Å². The van der Waals surface area contributed by atoms with Gasteiger partial charge in [0.05, 0.1) is 5.69 Å². The molecule has 0 amide bonds. The van der Waals surface area contributed by atoms with Gasteiger partial charge in [-0.25, -0.2) is 0 Å². The summed E-state index contributed by atoms with van der Waals surface area (Å²) in [7, 11) is 0.